The van der Waals surface area contributed by atoms with Crippen LogP contribution in [-0.4, -0.2) is 64.4 Å². The Balaban J connectivity index is 3.22. The van der Waals surface area contributed by atoms with E-state index in [0.29, 0.717) is 5.56 Å². The van der Waals surface area contributed by atoms with E-state index in [9.17, 15) is 24.6 Å². The summed E-state index contributed by atoms with van der Waals surface area (Å²) in [7, 11) is 1.37. The van der Waals surface area contributed by atoms with E-state index < -0.39 is 42.2 Å². The molecule has 1 aromatic rings. The van der Waals surface area contributed by atoms with E-state index in [-0.39, 0.29) is 17.4 Å². The molecule has 0 aliphatic rings. The average Bonchev–Trinajstić information content (AvgIpc) is 2.60. The normalized spacial score (nSPS) is 13.4. The molecule has 0 fully saturated rings. The van der Waals surface area contributed by atoms with Crippen molar-refractivity contribution < 1.29 is 29.3 Å². The molecule has 0 aromatic heterocycles. The number of benzene rings is 1. The molecule has 2 atom stereocenters. The van der Waals surface area contributed by atoms with Crippen LogP contribution < -0.4 is 10.6 Å². The average molecular weight is 424 g/mol. The summed E-state index contributed by atoms with van der Waals surface area (Å²) in [6, 6.07) is 2.19. The van der Waals surface area contributed by atoms with Crippen molar-refractivity contribution in [3.8, 4) is 5.75 Å². The molecule has 168 valence electrons. The number of likely N-dealkylation sites (N-methyl/N-ethyl adjacent to an activating group) is 1. The number of nitrogens with one attached hydrogen (secondary N) is 2. The zero-order chi connectivity index (χ0) is 23.2. The molecule has 1 aromatic carbocycles. The molecule has 0 saturated carbocycles. The Hall–Kier alpha value is -2.81. The van der Waals surface area contributed by atoms with Gasteiger partial charge in [-0.3, -0.25) is 9.59 Å². The van der Waals surface area contributed by atoms with Crippen molar-refractivity contribution in [2.24, 2.45) is 0 Å². The summed E-state index contributed by atoms with van der Waals surface area (Å²) in [5.74, 6) is -1.33. The smallest absolute Gasteiger partial charge is 0.408 e. The Morgan fingerprint density at radius 1 is 1.17 bits per heavy atom. The quantitative estimate of drug-likeness (QED) is 0.527. The molecular weight excluding hydrogens is 390 g/mol. The highest BCUT2D eigenvalue weighted by Gasteiger charge is 2.35. The first-order chi connectivity index (χ1) is 13.8. The molecule has 0 aliphatic carbocycles. The maximum absolute atomic E-state index is 13.0. The van der Waals surface area contributed by atoms with Crippen LogP contribution in [-0.2, 0) is 14.3 Å². The second-order valence-electron chi connectivity index (χ2n) is 8.41. The number of hydrogen-bond donors (Lipinski definition) is 4. The fourth-order valence-electron chi connectivity index (χ4n) is 2.80. The zero-order valence-electron chi connectivity index (χ0n) is 18.6. The number of rotatable bonds is 7. The van der Waals surface area contributed by atoms with Crippen LogP contribution in [0.3, 0.4) is 0 Å². The molecule has 0 saturated heterocycles. The van der Waals surface area contributed by atoms with E-state index in [1.807, 2.05) is 0 Å². The lowest BCUT2D eigenvalue weighted by atomic mass is 9.99. The Labute approximate surface area is 177 Å². The summed E-state index contributed by atoms with van der Waals surface area (Å²) in [6.45, 7) is 9.53. The molecule has 1 rings (SSSR count). The number of ether oxygens (including phenoxy) is 1. The van der Waals surface area contributed by atoms with Crippen molar-refractivity contribution in [1.29, 1.82) is 0 Å². The number of aryl methyl sites for hydroxylation is 1. The number of carbonyl (C=O) groups excluding carboxylic acids is 3. The summed E-state index contributed by atoms with van der Waals surface area (Å²) < 4.78 is 5.13. The van der Waals surface area contributed by atoms with Gasteiger partial charge in [0.25, 0.3) is 0 Å². The molecule has 0 bridgehead atoms. The van der Waals surface area contributed by atoms with Crippen molar-refractivity contribution in [1.82, 2.24) is 15.5 Å². The zero-order valence-corrected chi connectivity index (χ0v) is 18.6. The number of hydrogen-bond acceptors (Lipinski definition) is 6. The van der Waals surface area contributed by atoms with Gasteiger partial charge in [-0.2, -0.15) is 0 Å². The molecule has 0 spiro atoms. The number of nitrogens with zero attached hydrogens (tertiary/aromatic N) is 1. The highest BCUT2D eigenvalue weighted by Crippen LogP contribution is 2.31. The van der Waals surface area contributed by atoms with E-state index in [1.54, 1.807) is 59.7 Å². The van der Waals surface area contributed by atoms with Gasteiger partial charge in [0.05, 0.1) is 6.61 Å². The van der Waals surface area contributed by atoms with Gasteiger partial charge in [0.15, 0.2) is 0 Å². The fraction of sp³-hybridized carbons (Fsp3) is 0.571. The van der Waals surface area contributed by atoms with E-state index >= 15 is 0 Å². The van der Waals surface area contributed by atoms with Crippen molar-refractivity contribution >= 4 is 17.9 Å². The number of phenols is 1. The van der Waals surface area contributed by atoms with Crippen molar-refractivity contribution in [2.45, 2.75) is 65.3 Å². The minimum Gasteiger partial charge on any atom is -0.507 e. The number of amides is 3. The first-order valence-corrected chi connectivity index (χ1v) is 9.74. The van der Waals surface area contributed by atoms with Crippen molar-refractivity contribution in [3.63, 3.8) is 0 Å². The number of aromatic hydroxyl groups is 1. The van der Waals surface area contributed by atoms with Gasteiger partial charge in [-0.05, 0) is 47.1 Å². The van der Waals surface area contributed by atoms with Gasteiger partial charge in [-0.15, -0.1) is 0 Å². The third kappa shape index (κ3) is 6.91. The maximum atomic E-state index is 13.0. The van der Waals surface area contributed by atoms with Crippen LogP contribution in [0, 0.1) is 6.92 Å². The molecular formula is C21H33N3O6. The molecule has 30 heavy (non-hydrogen) atoms. The van der Waals surface area contributed by atoms with Gasteiger partial charge < -0.3 is 30.5 Å². The highest BCUT2D eigenvalue weighted by molar-refractivity contribution is 5.92. The number of aliphatic hydroxyl groups is 1. The summed E-state index contributed by atoms with van der Waals surface area (Å²) >= 11 is 0. The summed E-state index contributed by atoms with van der Waals surface area (Å²) in [5.41, 5.74) is -0.00856. The van der Waals surface area contributed by atoms with Gasteiger partial charge in [-0.25, -0.2) is 4.79 Å². The van der Waals surface area contributed by atoms with E-state index in [2.05, 4.69) is 10.6 Å². The van der Waals surface area contributed by atoms with Crippen LogP contribution in [0.25, 0.3) is 0 Å². The number of alkyl carbamates (subject to hydrolysis) is 1. The van der Waals surface area contributed by atoms with Crippen LogP contribution in [0.1, 0.15) is 51.8 Å². The summed E-state index contributed by atoms with van der Waals surface area (Å²) in [4.78, 5) is 39.0. The molecule has 0 radical (unpaired) electrons. The third-order valence-corrected chi connectivity index (χ3v) is 4.15. The second-order valence-corrected chi connectivity index (χ2v) is 8.41. The lowest BCUT2D eigenvalue weighted by Gasteiger charge is -2.32. The monoisotopic (exact) mass is 423 g/mol. The fourth-order valence-corrected chi connectivity index (χ4v) is 2.80. The topological polar surface area (TPSA) is 128 Å². The minimum atomic E-state index is -1.33. The Morgan fingerprint density at radius 2 is 1.77 bits per heavy atom. The number of para-hydroxylation sites is 1. The minimum absolute atomic E-state index is 0.110. The van der Waals surface area contributed by atoms with Crippen molar-refractivity contribution in [2.75, 3.05) is 13.7 Å². The summed E-state index contributed by atoms with van der Waals surface area (Å²) in [5, 5.41) is 25.2. The number of aliphatic hydroxyl groups excluding tert-OH is 1. The Kier molecular flexibility index (Phi) is 8.65. The van der Waals surface area contributed by atoms with E-state index in [0.717, 1.165) is 4.90 Å². The van der Waals surface area contributed by atoms with Crippen molar-refractivity contribution in [3.05, 3.63) is 29.3 Å². The third-order valence-electron chi connectivity index (χ3n) is 4.15. The lowest BCUT2D eigenvalue weighted by molar-refractivity contribution is -0.141. The predicted octanol–water partition coefficient (Wildman–Crippen LogP) is 1.61. The highest BCUT2D eigenvalue weighted by atomic mass is 16.6. The predicted molar refractivity (Wildman–Crippen MR) is 112 cm³/mol. The standard InChI is InChI=1S/C21H33N3O6/c1-12(2)22-18(27)16(14-10-8-9-13(3)17(14)26)24(7)19(28)15(11-25)23-20(29)30-21(4,5)6/h8-10,12,15-16,25-26H,11H2,1-7H3,(H,22,27)(H,23,29). The first kappa shape index (κ1) is 25.2. The largest absolute Gasteiger partial charge is 0.507 e. The van der Waals surface area contributed by atoms with Gasteiger partial charge in [0.2, 0.25) is 11.8 Å². The van der Waals surface area contributed by atoms with Crippen LogP contribution in [0.5, 0.6) is 5.75 Å². The van der Waals surface area contributed by atoms with Crippen LogP contribution in [0.4, 0.5) is 4.79 Å². The molecule has 3 amide bonds. The van der Waals surface area contributed by atoms with Crippen LogP contribution in [0.15, 0.2) is 18.2 Å². The molecule has 0 aliphatic heterocycles. The second kappa shape index (κ2) is 10.3. The van der Waals surface area contributed by atoms with Gasteiger partial charge in [0.1, 0.15) is 23.4 Å². The SMILES string of the molecule is Cc1cccc(C(C(=O)NC(C)C)N(C)C(=O)C(CO)NC(=O)OC(C)(C)C)c1O. The lowest BCUT2D eigenvalue weighted by Crippen LogP contribution is -2.53. The first-order valence-electron chi connectivity index (χ1n) is 9.74. The van der Waals surface area contributed by atoms with Crippen LogP contribution >= 0.6 is 0 Å². The number of carbonyl (C=O) groups is 3. The van der Waals surface area contributed by atoms with E-state index in [1.165, 1.54) is 7.05 Å². The maximum Gasteiger partial charge on any atom is 0.408 e. The molecule has 4 N–H and O–H groups in total. The molecule has 2 unspecified atom stereocenters. The molecule has 9 nitrogen and oxygen atoms in total. The van der Waals surface area contributed by atoms with Crippen LogP contribution in [0.2, 0.25) is 0 Å². The molecule has 9 heteroatoms. The Morgan fingerprint density at radius 3 is 2.27 bits per heavy atom. The Bertz CT molecular complexity index is 772. The summed E-state index contributed by atoms with van der Waals surface area (Å²) in [6.07, 6.45) is -0.870. The van der Waals surface area contributed by atoms with Gasteiger partial charge >= 0.3 is 6.09 Å². The molecule has 0 heterocycles. The van der Waals surface area contributed by atoms with E-state index in [4.69, 9.17) is 4.74 Å². The van der Waals surface area contributed by atoms with Gasteiger partial charge in [0, 0.05) is 18.7 Å². The van der Waals surface area contributed by atoms with Gasteiger partial charge in [-0.1, -0.05) is 18.2 Å². The number of phenolic OH excluding ortho intramolecular Hbond substituents is 1.